The lowest BCUT2D eigenvalue weighted by Crippen LogP contribution is -2.14. The summed E-state index contributed by atoms with van der Waals surface area (Å²) in [6, 6.07) is 7.14. The van der Waals surface area contributed by atoms with Gasteiger partial charge in [0.25, 0.3) is 11.6 Å². The van der Waals surface area contributed by atoms with Gasteiger partial charge >= 0.3 is 0 Å². The number of hydrogen-bond donors (Lipinski definition) is 1. The molecule has 0 spiro atoms. The maximum Gasteiger partial charge on any atom is 0.282 e. The first-order valence-electron chi connectivity index (χ1n) is 5.59. The van der Waals surface area contributed by atoms with E-state index in [2.05, 4.69) is 5.32 Å². The molecule has 2 aromatic rings. The minimum absolute atomic E-state index is 0.0894. The normalized spacial score (nSPS) is 10.2. The van der Waals surface area contributed by atoms with E-state index in [0.717, 1.165) is 18.2 Å². The monoisotopic (exact) mass is 328 g/mol. The number of halogens is 3. The minimum atomic E-state index is -0.856. The van der Waals surface area contributed by atoms with Crippen molar-refractivity contribution in [2.45, 2.75) is 0 Å². The Morgan fingerprint density at radius 1 is 1.24 bits per heavy atom. The van der Waals surface area contributed by atoms with E-state index in [9.17, 15) is 19.3 Å². The first kappa shape index (κ1) is 15.2. The number of rotatable bonds is 3. The smallest absolute Gasteiger partial charge is 0.282 e. The average molecular weight is 329 g/mol. The molecular weight excluding hydrogens is 322 g/mol. The van der Waals surface area contributed by atoms with E-state index in [-0.39, 0.29) is 15.7 Å². The van der Waals surface area contributed by atoms with Gasteiger partial charge < -0.3 is 5.32 Å². The van der Waals surface area contributed by atoms with Crippen LogP contribution in [0.1, 0.15) is 10.4 Å². The van der Waals surface area contributed by atoms with Crippen LogP contribution in [0, 0.1) is 15.9 Å². The number of anilines is 1. The van der Waals surface area contributed by atoms with Gasteiger partial charge in [-0.2, -0.15) is 0 Å². The van der Waals surface area contributed by atoms with Crippen LogP contribution in [0.5, 0.6) is 0 Å². The van der Waals surface area contributed by atoms with E-state index < -0.39 is 27.9 Å². The number of nitrogens with one attached hydrogen (secondary N) is 1. The maximum atomic E-state index is 13.2. The molecule has 1 N–H and O–H groups in total. The third kappa shape index (κ3) is 3.29. The number of carbonyl (C=O) groups is 1. The van der Waals surface area contributed by atoms with Crippen LogP contribution in [-0.2, 0) is 0 Å². The average Bonchev–Trinajstić information content (AvgIpc) is 2.43. The Morgan fingerprint density at radius 3 is 2.62 bits per heavy atom. The van der Waals surface area contributed by atoms with Gasteiger partial charge in [0.1, 0.15) is 11.4 Å². The second-order valence-corrected chi connectivity index (χ2v) is 4.76. The molecule has 0 bridgehead atoms. The van der Waals surface area contributed by atoms with Crippen molar-refractivity contribution in [2.75, 3.05) is 5.32 Å². The van der Waals surface area contributed by atoms with Crippen molar-refractivity contribution in [3.8, 4) is 0 Å². The standard InChI is InChI=1S/C13H7Cl2FN2O3/c14-9-2-1-3-10(12(9)15)17-13(19)8-6-7(16)4-5-11(8)18(20)21/h1-6H,(H,17,19). The molecule has 0 saturated heterocycles. The molecule has 21 heavy (non-hydrogen) atoms. The molecule has 0 aliphatic carbocycles. The molecule has 108 valence electrons. The van der Waals surface area contributed by atoms with E-state index in [1.165, 1.54) is 12.1 Å². The molecule has 8 heteroatoms. The second kappa shape index (κ2) is 6.07. The zero-order chi connectivity index (χ0) is 15.6. The number of hydrogen-bond acceptors (Lipinski definition) is 3. The van der Waals surface area contributed by atoms with Crippen LogP contribution in [0.25, 0.3) is 0 Å². The van der Waals surface area contributed by atoms with Crippen molar-refractivity contribution in [1.82, 2.24) is 0 Å². The highest BCUT2D eigenvalue weighted by atomic mass is 35.5. The Morgan fingerprint density at radius 2 is 1.95 bits per heavy atom. The highest BCUT2D eigenvalue weighted by Gasteiger charge is 2.21. The first-order valence-corrected chi connectivity index (χ1v) is 6.35. The van der Waals surface area contributed by atoms with Crippen LogP contribution in [0.4, 0.5) is 15.8 Å². The highest BCUT2D eigenvalue weighted by Crippen LogP contribution is 2.30. The zero-order valence-electron chi connectivity index (χ0n) is 10.3. The lowest BCUT2D eigenvalue weighted by Gasteiger charge is -2.08. The van der Waals surface area contributed by atoms with Crippen LogP contribution in [0.2, 0.25) is 10.0 Å². The summed E-state index contributed by atoms with van der Waals surface area (Å²) in [5, 5.41) is 13.5. The van der Waals surface area contributed by atoms with Gasteiger partial charge in [-0.1, -0.05) is 29.3 Å². The molecule has 2 rings (SSSR count). The number of nitro groups is 1. The number of nitro benzene ring substituents is 1. The number of benzene rings is 2. The van der Waals surface area contributed by atoms with Crippen LogP contribution < -0.4 is 5.32 Å². The van der Waals surface area contributed by atoms with Crippen molar-refractivity contribution in [2.24, 2.45) is 0 Å². The van der Waals surface area contributed by atoms with Gasteiger partial charge in [-0.3, -0.25) is 14.9 Å². The molecule has 0 radical (unpaired) electrons. The minimum Gasteiger partial charge on any atom is -0.320 e. The molecule has 0 aliphatic heterocycles. The molecule has 1 amide bonds. The molecule has 0 aliphatic rings. The Balaban J connectivity index is 2.39. The molecule has 0 atom stereocenters. The van der Waals surface area contributed by atoms with Gasteiger partial charge in [0.05, 0.1) is 20.7 Å². The second-order valence-electron chi connectivity index (χ2n) is 3.97. The van der Waals surface area contributed by atoms with Gasteiger partial charge in [0.15, 0.2) is 0 Å². The van der Waals surface area contributed by atoms with E-state index in [1.807, 2.05) is 0 Å². The summed E-state index contributed by atoms with van der Waals surface area (Å²) in [6.45, 7) is 0. The van der Waals surface area contributed by atoms with E-state index in [4.69, 9.17) is 23.2 Å². The predicted molar refractivity (Wildman–Crippen MR) is 77.5 cm³/mol. The Kier molecular flexibility index (Phi) is 4.40. The van der Waals surface area contributed by atoms with Gasteiger partial charge in [0, 0.05) is 6.07 Å². The molecule has 0 fully saturated rings. The Hall–Kier alpha value is -2.18. The third-order valence-electron chi connectivity index (χ3n) is 2.60. The van der Waals surface area contributed by atoms with Gasteiger partial charge in [-0.15, -0.1) is 0 Å². The van der Waals surface area contributed by atoms with Crippen LogP contribution in [0.3, 0.4) is 0 Å². The fourth-order valence-corrected chi connectivity index (χ4v) is 1.99. The maximum absolute atomic E-state index is 13.2. The van der Waals surface area contributed by atoms with E-state index in [1.54, 1.807) is 6.07 Å². The summed E-state index contributed by atoms with van der Waals surface area (Å²) >= 11 is 11.7. The molecule has 5 nitrogen and oxygen atoms in total. The molecular formula is C13H7Cl2FN2O3. The van der Waals surface area contributed by atoms with Crippen molar-refractivity contribution in [3.63, 3.8) is 0 Å². The largest absolute Gasteiger partial charge is 0.320 e. The number of amides is 1. The number of carbonyl (C=O) groups excluding carboxylic acids is 1. The lowest BCUT2D eigenvalue weighted by atomic mass is 10.1. The predicted octanol–water partition coefficient (Wildman–Crippen LogP) is 4.29. The van der Waals surface area contributed by atoms with Gasteiger partial charge in [-0.25, -0.2) is 4.39 Å². The van der Waals surface area contributed by atoms with Crippen molar-refractivity contribution >= 4 is 40.5 Å². The lowest BCUT2D eigenvalue weighted by molar-refractivity contribution is -0.385. The fraction of sp³-hybridized carbons (Fsp3) is 0. The summed E-state index contributed by atoms with van der Waals surface area (Å²) in [7, 11) is 0. The molecule has 0 unspecified atom stereocenters. The zero-order valence-corrected chi connectivity index (χ0v) is 11.8. The third-order valence-corrected chi connectivity index (χ3v) is 3.42. The fourth-order valence-electron chi connectivity index (χ4n) is 1.64. The first-order chi connectivity index (χ1) is 9.90. The Bertz CT molecular complexity index is 737. The summed E-state index contributed by atoms with van der Waals surface area (Å²) in [5.74, 6) is -1.62. The quantitative estimate of drug-likeness (QED) is 0.674. The van der Waals surface area contributed by atoms with Crippen molar-refractivity contribution < 1.29 is 14.1 Å². The summed E-state index contributed by atoms with van der Waals surface area (Å²) in [4.78, 5) is 22.2. The van der Waals surface area contributed by atoms with Gasteiger partial charge in [-0.05, 0) is 24.3 Å². The van der Waals surface area contributed by atoms with Crippen LogP contribution >= 0.6 is 23.2 Å². The molecule has 0 saturated carbocycles. The van der Waals surface area contributed by atoms with Crippen LogP contribution in [0.15, 0.2) is 36.4 Å². The van der Waals surface area contributed by atoms with Crippen molar-refractivity contribution in [3.05, 3.63) is 67.9 Å². The summed E-state index contributed by atoms with van der Waals surface area (Å²) in [6.07, 6.45) is 0. The summed E-state index contributed by atoms with van der Waals surface area (Å²) < 4.78 is 13.2. The SMILES string of the molecule is O=C(Nc1cccc(Cl)c1Cl)c1cc(F)ccc1[N+](=O)[O-]. The molecule has 0 aromatic heterocycles. The molecule has 0 heterocycles. The van der Waals surface area contributed by atoms with Gasteiger partial charge in [0.2, 0.25) is 0 Å². The van der Waals surface area contributed by atoms with E-state index >= 15 is 0 Å². The number of nitrogens with zero attached hydrogens (tertiary/aromatic N) is 1. The molecule has 2 aromatic carbocycles. The highest BCUT2D eigenvalue weighted by molar-refractivity contribution is 6.44. The summed E-state index contributed by atoms with van der Waals surface area (Å²) in [5.41, 5.74) is -0.740. The van der Waals surface area contributed by atoms with Crippen LogP contribution in [-0.4, -0.2) is 10.8 Å². The topological polar surface area (TPSA) is 72.2 Å². The van der Waals surface area contributed by atoms with E-state index in [0.29, 0.717) is 0 Å². The Labute approximate surface area is 128 Å². The van der Waals surface area contributed by atoms with Crippen molar-refractivity contribution in [1.29, 1.82) is 0 Å².